The van der Waals surface area contributed by atoms with E-state index in [2.05, 4.69) is 5.32 Å². The van der Waals surface area contributed by atoms with Gasteiger partial charge in [0.2, 0.25) is 0 Å². The maximum absolute atomic E-state index is 13.1. The first-order chi connectivity index (χ1) is 13.2. The van der Waals surface area contributed by atoms with Gasteiger partial charge in [0.1, 0.15) is 0 Å². The number of rotatable bonds is 7. The van der Waals surface area contributed by atoms with Crippen molar-refractivity contribution in [3.8, 4) is 5.75 Å². The zero-order valence-corrected chi connectivity index (χ0v) is 18.1. The van der Waals surface area contributed by atoms with E-state index in [0.717, 1.165) is 12.1 Å². The molecule has 0 heterocycles. The summed E-state index contributed by atoms with van der Waals surface area (Å²) in [5.74, 6) is -0.152. The Labute approximate surface area is 172 Å². The summed E-state index contributed by atoms with van der Waals surface area (Å²) in [5, 5.41) is 12.3. The molecule has 0 bridgehead atoms. The van der Waals surface area contributed by atoms with E-state index in [1.54, 1.807) is 25.1 Å². The molecule has 2 N–H and O–H groups in total. The Bertz CT molecular complexity index is 846. The molecule has 28 heavy (non-hydrogen) atoms. The molecule has 9 heteroatoms. The predicted molar refractivity (Wildman–Crippen MR) is 104 cm³/mol. The van der Waals surface area contributed by atoms with Gasteiger partial charge >= 0.3 is 173 Å². The summed E-state index contributed by atoms with van der Waals surface area (Å²) in [6.45, 7) is 1.84. The third-order valence-corrected chi connectivity index (χ3v) is 7.23. The second-order valence-electron chi connectivity index (χ2n) is 6.14. The monoisotopic (exact) mass is 477 g/mol. The Kier molecular flexibility index (Phi) is 7.81. The summed E-state index contributed by atoms with van der Waals surface area (Å²) >= 11 is 4.97. The van der Waals surface area contributed by atoms with Gasteiger partial charge in [-0.2, -0.15) is 0 Å². The first-order valence-electron chi connectivity index (χ1n) is 8.35. The molecular weight excluding hydrogens is 458 g/mol. The molecule has 0 aromatic heterocycles. The Morgan fingerprint density at radius 1 is 1.29 bits per heavy atom. The summed E-state index contributed by atoms with van der Waals surface area (Å²) in [6, 6.07) is 8.16. The first-order valence-corrected chi connectivity index (χ1v) is 11.0. The average molecular weight is 478 g/mol. The number of hydrogen-bond acceptors (Lipinski definition) is 3. The third kappa shape index (κ3) is 5.90. The number of halogens is 4. The number of carbonyl (C=O) groups is 1. The van der Waals surface area contributed by atoms with Crippen molar-refractivity contribution in [1.29, 1.82) is 0 Å². The van der Waals surface area contributed by atoms with Crippen molar-refractivity contribution >= 4 is 37.6 Å². The summed E-state index contributed by atoms with van der Waals surface area (Å²) in [4.78, 5) is 12.6. The second kappa shape index (κ2) is 9.68. The minimum atomic E-state index is -4.54. The van der Waals surface area contributed by atoms with Crippen molar-refractivity contribution in [3.05, 3.63) is 58.1 Å². The SMILES string of the molecule is COc1cc(CNC(=O)c2cc(C(F)(F)F)ccc2[AsH][C@@H](C)CO)ccc1Cl. The Morgan fingerprint density at radius 2 is 2.00 bits per heavy atom. The van der Waals surface area contributed by atoms with Crippen LogP contribution in [0, 0.1) is 0 Å². The summed E-state index contributed by atoms with van der Waals surface area (Å²) in [7, 11) is 1.46. The average Bonchev–Trinajstić information content (AvgIpc) is 2.66. The van der Waals surface area contributed by atoms with Crippen LogP contribution in [-0.4, -0.2) is 40.5 Å². The number of nitrogens with one attached hydrogen (secondary N) is 1. The van der Waals surface area contributed by atoms with E-state index in [4.69, 9.17) is 16.3 Å². The normalized spacial score (nSPS) is 13.0. The topological polar surface area (TPSA) is 58.6 Å². The molecule has 0 spiro atoms. The molecule has 2 aromatic carbocycles. The maximum atomic E-state index is 13.1. The van der Waals surface area contributed by atoms with Crippen LogP contribution in [0.5, 0.6) is 5.75 Å². The van der Waals surface area contributed by atoms with Crippen LogP contribution in [0.1, 0.15) is 28.4 Å². The molecule has 0 aliphatic heterocycles. The van der Waals surface area contributed by atoms with Crippen molar-refractivity contribution < 1.29 is 27.8 Å². The van der Waals surface area contributed by atoms with Crippen LogP contribution in [0.2, 0.25) is 9.73 Å². The van der Waals surface area contributed by atoms with Gasteiger partial charge in [-0.15, -0.1) is 0 Å². The molecule has 0 aliphatic carbocycles. The van der Waals surface area contributed by atoms with Gasteiger partial charge in [-0.05, 0) is 0 Å². The molecule has 0 fully saturated rings. The Morgan fingerprint density at radius 3 is 2.61 bits per heavy atom. The van der Waals surface area contributed by atoms with Gasteiger partial charge in [0, 0.05) is 0 Å². The molecule has 2 atom stereocenters. The fraction of sp³-hybridized carbons (Fsp3) is 0.316. The van der Waals surface area contributed by atoms with Crippen LogP contribution < -0.4 is 14.4 Å². The zero-order valence-electron chi connectivity index (χ0n) is 15.2. The van der Waals surface area contributed by atoms with Crippen molar-refractivity contribution in [3.63, 3.8) is 0 Å². The number of benzene rings is 2. The Balaban J connectivity index is 2.26. The number of alkyl halides is 3. The summed E-state index contributed by atoms with van der Waals surface area (Å²) in [6.07, 6.45) is -4.54. The van der Waals surface area contributed by atoms with Gasteiger partial charge in [0.15, 0.2) is 0 Å². The van der Waals surface area contributed by atoms with Crippen molar-refractivity contribution in [2.24, 2.45) is 0 Å². The van der Waals surface area contributed by atoms with Gasteiger partial charge in [-0.3, -0.25) is 0 Å². The van der Waals surface area contributed by atoms with Crippen LogP contribution in [0.25, 0.3) is 0 Å². The van der Waals surface area contributed by atoms with Crippen LogP contribution in [0.4, 0.5) is 13.2 Å². The number of methoxy groups -OCH3 is 1. The van der Waals surface area contributed by atoms with Crippen LogP contribution >= 0.6 is 11.6 Å². The standard InChI is InChI=1S/C19H20AsClF3NO3/c1-11(10-26)20-15-5-4-13(19(22,23)24)8-14(15)18(27)25-9-12-3-6-16(21)17(7-12)28-2/h3-8,11,20,26H,9-10H2,1-2H3,(H,25,27)/t11-/m0/s1. The fourth-order valence-corrected chi connectivity index (χ4v) is 5.03. The van der Waals surface area contributed by atoms with Gasteiger partial charge in [0.25, 0.3) is 0 Å². The van der Waals surface area contributed by atoms with E-state index in [0.29, 0.717) is 20.7 Å². The number of ether oxygens (including phenoxy) is 1. The second-order valence-corrected chi connectivity index (χ2v) is 10.3. The molecule has 0 aliphatic rings. The van der Waals surface area contributed by atoms with E-state index in [-0.39, 0.29) is 23.4 Å². The Hall–Kier alpha value is -1.69. The quantitative estimate of drug-likeness (QED) is 0.603. The predicted octanol–water partition coefficient (Wildman–Crippen LogP) is 3.16. The number of amides is 1. The molecule has 0 radical (unpaired) electrons. The molecule has 0 saturated heterocycles. The van der Waals surface area contributed by atoms with Crippen molar-refractivity contribution in [2.45, 2.75) is 24.4 Å². The van der Waals surface area contributed by atoms with Crippen molar-refractivity contribution in [1.82, 2.24) is 5.32 Å². The molecule has 2 rings (SSSR count). The van der Waals surface area contributed by atoms with Gasteiger partial charge in [-0.25, -0.2) is 0 Å². The number of aliphatic hydroxyl groups excluding tert-OH is 1. The molecule has 2 aromatic rings. The van der Waals surface area contributed by atoms with Crippen LogP contribution in [-0.2, 0) is 12.7 Å². The van der Waals surface area contributed by atoms with Gasteiger partial charge < -0.3 is 0 Å². The van der Waals surface area contributed by atoms with E-state index < -0.39 is 33.4 Å². The molecule has 152 valence electrons. The van der Waals surface area contributed by atoms with Crippen LogP contribution in [0.3, 0.4) is 0 Å². The van der Waals surface area contributed by atoms with Crippen molar-refractivity contribution in [2.75, 3.05) is 13.7 Å². The van der Waals surface area contributed by atoms with Gasteiger partial charge in [-0.1, -0.05) is 0 Å². The fourth-order valence-electron chi connectivity index (χ4n) is 2.44. The third-order valence-electron chi connectivity index (χ3n) is 3.94. The van der Waals surface area contributed by atoms with E-state index in [1.165, 1.54) is 13.2 Å². The number of hydrogen-bond donors (Lipinski definition) is 2. The number of aliphatic hydroxyl groups is 1. The number of carbonyl (C=O) groups excluding carboxylic acids is 1. The van der Waals surface area contributed by atoms with Crippen LogP contribution in [0.15, 0.2) is 36.4 Å². The zero-order chi connectivity index (χ0) is 20.9. The molecule has 0 saturated carbocycles. The molecule has 1 amide bonds. The summed E-state index contributed by atoms with van der Waals surface area (Å²) < 4.78 is 44.8. The molecular formula is C19H20AsClF3NO3. The molecule has 1 unspecified atom stereocenters. The van der Waals surface area contributed by atoms with E-state index in [1.807, 2.05) is 0 Å². The van der Waals surface area contributed by atoms with E-state index >= 15 is 0 Å². The molecule has 4 nitrogen and oxygen atoms in total. The minimum absolute atomic E-state index is 0.00365. The first kappa shape index (κ1) is 22.6. The summed E-state index contributed by atoms with van der Waals surface area (Å²) in [5.41, 5.74) is -0.184. The van der Waals surface area contributed by atoms with E-state index in [9.17, 15) is 23.1 Å². The van der Waals surface area contributed by atoms with Gasteiger partial charge in [0.05, 0.1) is 0 Å².